The fraction of sp³-hybridized carbons (Fsp3) is 0.273. The normalized spacial score (nSPS) is 17.6. The molecule has 1 atom stereocenters. The van der Waals surface area contributed by atoms with Gasteiger partial charge in [0.25, 0.3) is 0 Å². The molecule has 2 heterocycles. The number of nitrogens with two attached hydrogens (primary N) is 1. The molecule has 2 aromatic carbocycles. The molecule has 1 aromatic heterocycles. The second-order valence-corrected chi connectivity index (χ2v) is 7.24. The highest BCUT2D eigenvalue weighted by molar-refractivity contribution is 5.66. The van der Waals surface area contributed by atoms with Crippen LogP contribution in [0.4, 0.5) is 14.7 Å². The Hall–Kier alpha value is -2.86. The molecule has 3 aromatic rings. The zero-order valence-corrected chi connectivity index (χ0v) is 15.5. The minimum atomic E-state index is -0.290. The summed E-state index contributed by atoms with van der Waals surface area (Å²) >= 11 is 0. The number of anilines is 1. The largest absolute Gasteiger partial charge is 0.368 e. The predicted molar refractivity (Wildman–Crippen MR) is 105 cm³/mol. The van der Waals surface area contributed by atoms with Crippen molar-refractivity contribution in [2.24, 2.45) is 0 Å². The number of aromatic nitrogens is 2. The van der Waals surface area contributed by atoms with Crippen molar-refractivity contribution in [3.8, 4) is 11.1 Å². The molecule has 0 bridgehead atoms. The summed E-state index contributed by atoms with van der Waals surface area (Å²) in [7, 11) is 0. The first-order valence-electron chi connectivity index (χ1n) is 9.43. The molecule has 1 aliphatic heterocycles. The summed E-state index contributed by atoms with van der Waals surface area (Å²) in [5.74, 6) is -0.109. The Morgan fingerprint density at radius 3 is 2.68 bits per heavy atom. The number of likely N-dealkylation sites (tertiary alicyclic amines) is 1. The van der Waals surface area contributed by atoms with Crippen molar-refractivity contribution in [2.45, 2.75) is 25.3 Å². The van der Waals surface area contributed by atoms with Crippen LogP contribution in [0.2, 0.25) is 0 Å². The molecule has 0 amide bonds. The summed E-state index contributed by atoms with van der Waals surface area (Å²) in [5.41, 5.74) is 9.39. The van der Waals surface area contributed by atoms with Crippen LogP contribution in [0, 0.1) is 11.6 Å². The van der Waals surface area contributed by atoms with Crippen molar-refractivity contribution in [1.29, 1.82) is 0 Å². The summed E-state index contributed by atoms with van der Waals surface area (Å²) in [6, 6.07) is 13.1. The summed E-state index contributed by atoms with van der Waals surface area (Å²) in [6.45, 7) is 2.55. The summed E-state index contributed by atoms with van der Waals surface area (Å²) in [4.78, 5) is 11.0. The van der Waals surface area contributed by atoms with Gasteiger partial charge in [-0.15, -0.1) is 0 Å². The topological polar surface area (TPSA) is 55.0 Å². The van der Waals surface area contributed by atoms with Crippen molar-refractivity contribution in [1.82, 2.24) is 14.9 Å². The van der Waals surface area contributed by atoms with Gasteiger partial charge in [-0.05, 0) is 54.8 Å². The molecule has 2 N–H and O–H groups in total. The molecule has 4 rings (SSSR count). The molecule has 0 unspecified atom stereocenters. The van der Waals surface area contributed by atoms with Crippen LogP contribution >= 0.6 is 0 Å². The van der Waals surface area contributed by atoms with Gasteiger partial charge in [-0.3, -0.25) is 4.90 Å². The summed E-state index contributed by atoms with van der Waals surface area (Å²) < 4.78 is 26.9. The molecule has 28 heavy (non-hydrogen) atoms. The van der Waals surface area contributed by atoms with Gasteiger partial charge in [0.15, 0.2) is 0 Å². The lowest BCUT2D eigenvalue weighted by Gasteiger charge is -2.33. The van der Waals surface area contributed by atoms with Gasteiger partial charge in [-0.2, -0.15) is 0 Å². The van der Waals surface area contributed by atoms with E-state index in [0.717, 1.165) is 54.9 Å². The number of nitrogen functional groups attached to an aromatic ring is 1. The predicted octanol–water partition coefficient (Wildman–Crippen LogP) is 4.38. The first-order valence-corrected chi connectivity index (χ1v) is 9.43. The molecule has 0 spiro atoms. The molecule has 6 heteroatoms. The molecular formula is C22H22F2N4. The monoisotopic (exact) mass is 380 g/mol. The molecule has 0 radical (unpaired) electrons. The maximum Gasteiger partial charge on any atom is 0.220 e. The van der Waals surface area contributed by atoms with E-state index >= 15 is 0 Å². The fourth-order valence-electron chi connectivity index (χ4n) is 3.87. The minimum Gasteiger partial charge on any atom is -0.368 e. The zero-order valence-electron chi connectivity index (χ0n) is 15.5. The highest BCUT2D eigenvalue weighted by Gasteiger charge is 2.25. The zero-order chi connectivity index (χ0) is 19.5. The molecule has 1 saturated heterocycles. The third kappa shape index (κ3) is 4.17. The van der Waals surface area contributed by atoms with Gasteiger partial charge in [0.05, 0.1) is 5.69 Å². The fourth-order valence-corrected chi connectivity index (χ4v) is 3.87. The second kappa shape index (κ2) is 8.02. The Labute approximate surface area is 163 Å². The van der Waals surface area contributed by atoms with Crippen molar-refractivity contribution in [3.05, 3.63) is 77.6 Å². The van der Waals surface area contributed by atoms with Crippen molar-refractivity contribution in [3.63, 3.8) is 0 Å². The quantitative estimate of drug-likeness (QED) is 0.730. The molecule has 0 aliphatic carbocycles. The maximum atomic E-state index is 13.7. The Kier molecular flexibility index (Phi) is 5.30. The summed E-state index contributed by atoms with van der Waals surface area (Å²) in [6.07, 6.45) is 3.70. The van der Waals surface area contributed by atoms with Crippen LogP contribution in [-0.2, 0) is 6.54 Å². The van der Waals surface area contributed by atoms with E-state index in [-0.39, 0.29) is 23.5 Å². The van der Waals surface area contributed by atoms with E-state index < -0.39 is 0 Å². The SMILES string of the molecule is Nc1ncc(-c2cccc(F)c2)c([C@H]2CCCN(Cc3ccc(F)cc3)C2)n1. The van der Waals surface area contributed by atoms with Crippen LogP contribution in [0.5, 0.6) is 0 Å². The molecule has 4 nitrogen and oxygen atoms in total. The average Bonchev–Trinajstić information content (AvgIpc) is 2.70. The van der Waals surface area contributed by atoms with Crippen LogP contribution < -0.4 is 5.73 Å². The van der Waals surface area contributed by atoms with Crippen LogP contribution in [0.3, 0.4) is 0 Å². The lowest BCUT2D eigenvalue weighted by Crippen LogP contribution is -2.34. The van der Waals surface area contributed by atoms with Crippen LogP contribution in [-0.4, -0.2) is 28.0 Å². The van der Waals surface area contributed by atoms with E-state index in [4.69, 9.17) is 5.73 Å². The Morgan fingerprint density at radius 2 is 1.89 bits per heavy atom. The van der Waals surface area contributed by atoms with Crippen LogP contribution in [0.25, 0.3) is 11.1 Å². The highest BCUT2D eigenvalue weighted by Crippen LogP contribution is 2.34. The molecule has 144 valence electrons. The number of hydrogen-bond acceptors (Lipinski definition) is 4. The Morgan fingerprint density at radius 1 is 1.07 bits per heavy atom. The van der Waals surface area contributed by atoms with E-state index in [1.165, 1.54) is 24.3 Å². The number of hydrogen-bond donors (Lipinski definition) is 1. The maximum absolute atomic E-state index is 13.7. The average molecular weight is 380 g/mol. The van der Waals surface area contributed by atoms with Gasteiger partial charge in [-0.25, -0.2) is 18.7 Å². The van der Waals surface area contributed by atoms with E-state index in [0.29, 0.717) is 0 Å². The van der Waals surface area contributed by atoms with E-state index in [2.05, 4.69) is 14.9 Å². The number of halogens is 2. The number of rotatable bonds is 4. The van der Waals surface area contributed by atoms with E-state index in [1.54, 1.807) is 12.3 Å². The highest BCUT2D eigenvalue weighted by atomic mass is 19.1. The lowest BCUT2D eigenvalue weighted by molar-refractivity contribution is 0.198. The Bertz CT molecular complexity index is 959. The lowest BCUT2D eigenvalue weighted by atomic mass is 9.89. The van der Waals surface area contributed by atoms with Crippen molar-refractivity contribution >= 4 is 5.95 Å². The number of nitrogens with zero attached hydrogens (tertiary/aromatic N) is 3. The van der Waals surface area contributed by atoms with Crippen LogP contribution in [0.1, 0.15) is 30.0 Å². The van der Waals surface area contributed by atoms with Crippen molar-refractivity contribution < 1.29 is 8.78 Å². The number of piperidine rings is 1. The van der Waals surface area contributed by atoms with Gasteiger partial charge in [0.2, 0.25) is 5.95 Å². The Balaban J connectivity index is 1.59. The third-order valence-corrected chi connectivity index (χ3v) is 5.18. The van der Waals surface area contributed by atoms with E-state index in [1.807, 2.05) is 18.2 Å². The van der Waals surface area contributed by atoms with Gasteiger partial charge >= 0.3 is 0 Å². The smallest absolute Gasteiger partial charge is 0.220 e. The number of benzene rings is 2. The van der Waals surface area contributed by atoms with Gasteiger partial charge < -0.3 is 5.73 Å². The van der Waals surface area contributed by atoms with Gasteiger partial charge in [0, 0.05) is 30.8 Å². The molecule has 1 aliphatic rings. The molecule has 1 fully saturated rings. The first-order chi connectivity index (χ1) is 13.6. The second-order valence-electron chi connectivity index (χ2n) is 7.24. The first kappa shape index (κ1) is 18.5. The van der Waals surface area contributed by atoms with Gasteiger partial charge in [0.1, 0.15) is 11.6 Å². The minimum absolute atomic E-state index is 0.178. The molecule has 0 saturated carbocycles. The molecular weight excluding hydrogens is 358 g/mol. The van der Waals surface area contributed by atoms with E-state index in [9.17, 15) is 8.78 Å². The standard InChI is InChI=1S/C22H22F2N4/c23-18-8-6-15(7-9-18)13-28-10-2-4-17(14-28)21-20(12-26-22(25)27-21)16-3-1-5-19(24)11-16/h1,3,5-9,11-12,17H,2,4,10,13-14H2,(H2,25,26,27)/t17-/m0/s1. The third-order valence-electron chi connectivity index (χ3n) is 5.18. The van der Waals surface area contributed by atoms with Gasteiger partial charge in [-0.1, -0.05) is 24.3 Å². The summed E-state index contributed by atoms with van der Waals surface area (Å²) in [5, 5.41) is 0. The van der Waals surface area contributed by atoms with Crippen LogP contribution in [0.15, 0.2) is 54.7 Å². The van der Waals surface area contributed by atoms with Crippen molar-refractivity contribution in [2.75, 3.05) is 18.8 Å².